The molecule has 1 unspecified atom stereocenters. The van der Waals surface area contributed by atoms with Gasteiger partial charge >= 0.3 is 0 Å². The molecule has 0 aliphatic carbocycles. The van der Waals surface area contributed by atoms with Gasteiger partial charge in [-0.1, -0.05) is 12.2 Å². The maximum Gasteiger partial charge on any atom is 0.257 e. The van der Waals surface area contributed by atoms with Crippen LogP contribution in [-0.2, 0) is 4.74 Å². The smallest absolute Gasteiger partial charge is 0.257 e. The first-order valence-electron chi connectivity index (χ1n) is 5.29. The number of H-pyrrole nitrogens is 1. The number of nitrogens with one attached hydrogen (secondary N) is 1. The van der Waals surface area contributed by atoms with Crippen molar-refractivity contribution in [3.05, 3.63) is 17.5 Å². The summed E-state index contributed by atoms with van der Waals surface area (Å²) in [7, 11) is 0. The predicted molar refractivity (Wildman–Crippen MR) is 65.8 cm³/mol. The molecular formula is C10H14N4O2S. The number of carbonyl (C=O) groups excluding carboxylic acids is 1. The molecule has 1 fully saturated rings. The minimum absolute atomic E-state index is 0.0687. The molecule has 1 aliphatic rings. The van der Waals surface area contributed by atoms with Crippen LogP contribution in [-0.4, -0.2) is 51.8 Å². The summed E-state index contributed by atoms with van der Waals surface area (Å²) in [4.78, 5) is 14.1. The highest BCUT2D eigenvalue weighted by atomic mass is 32.1. The first kappa shape index (κ1) is 12.0. The zero-order valence-electron chi connectivity index (χ0n) is 9.47. The minimum atomic E-state index is -0.352. The van der Waals surface area contributed by atoms with E-state index in [1.54, 1.807) is 4.90 Å². The number of morpholine rings is 1. The zero-order valence-corrected chi connectivity index (χ0v) is 10.3. The summed E-state index contributed by atoms with van der Waals surface area (Å²) in [6.07, 6.45) is 1.18. The lowest BCUT2D eigenvalue weighted by Crippen LogP contribution is -2.50. The average molecular weight is 254 g/mol. The largest absolute Gasteiger partial charge is 0.391 e. The molecule has 1 aliphatic heterocycles. The van der Waals surface area contributed by atoms with Crippen LogP contribution in [0.2, 0.25) is 0 Å². The summed E-state index contributed by atoms with van der Waals surface area (Å²) in [5.74, 6) is -0.0687. The number of ether oxygens (including phenoxy) is 1. The first-order valence-corrected chi connectivity index (χ1v) is 5.70. The van der Waals surface area contributed by atoms with Gasteiger partial charge in [-0.05, 0) is 6.92 Å². The summed E-state index contributed by atoms with van der Waals surface area (Å²) in [5.41, 5.74) is 6.86. The first-order chi connectivity index (χ1) is 8.09. The number of carbonyl (C=O) groups is 1. The molecular weight excluding hydrogens is 240 g/mol. The van der Waals surface area contributed by atoms with Crippen molar-refractivity contribution in [2.75, 3.05) is 19.7 Å². The van der Waals surface area contributed by atoms with Gasteiger partial charge < -0.3 is 15.4 Å². The molecule has 17 heavy (non-hydrogen) atoms. The van der Waals surface area contributed by atoms with E-state index < -0.39 is 0 Å². The van der Waals surface area contributed by atoms with E-state index in [2.05, 4.69) is 10.2 Å². The molecule has 0 aromatic carbocycles. The summed E-state index contributed by atoms with van der Waals surface area (Å²) in [6, 6.07) is 0. The molecule has 92 valence electrons. The Labute approximate surface area is 104 Å². The number of nitrogens with two attached hydrogens (primary N) is 1. The molecule has 0 saturated carbocycles. The Kier molecular flexibility index (Phi) is 3.39. The summed E-state index contributed by atoms with van der Waals surface area (Å²) >= 11 is 4.88. The van der Waals surface area contributed by atoms with Gasteiger partial charge in [0.1, 0.15) is 11.1 Å². The molecule has 1 aromatic heterocycles. The van der Waals surface area contributed by atoms with Crippen LogP contribution in [0.1, 0.15) is 16.1 Å². The molecule has 0 bridgehead atoms. The Morgan fingerprint density at radius 1 is 1.76 bits per heavy atom. The van der Waals surface area contributed by atoms with Gasteiger partial charge in [0, 0.05) is 12.2 Å². The molecule has 7 heteroatoms. The molecule has 0 spiro atoms. The molecule has 3 N–H and O–H groups in total. The van der Waals surface area contributed by atoms with Crippen molar-refractivity contribution >= 4 is 23.1 Å². The van der Waals surface area contributed by atoms with Gasteiger partial charge in [0.25, 0.3) is 5.91 Å². The van der Waals surface area contributed by atoms with E-state index >= 15 is 0 Å². The standard InChI is InChI=1S/C10H14N4O2S/c1-6-7(4-12-13-6)10(15)14-2-3-16-8(5-14)9(11)17/h4,8H,2-3,5H2,1H3,(H2,11,17)(H,12,13). The van der Waals surface area contributed by atoms with Gasteiger partial charge in [0.05, 0.1) is 24.9 Å². The molecule has 0 radical (unpaired) electrons. The molecule has 1 amide bonds. The second-order valence-electron chi connectivity index (χ2n) is 3.92. The van der Waals surface area contributed by atoms with Gasteiger partial charge in [0.15, 0.2) is 0 Å². The van der Waals surface area contributed by atoms with E-state index in [0.717, 1.165) is 5.69 Å². The molecule has 1 aromatic rings. The van der Waals surface area contributed by atoms with E-state index in [-0.39, 0.29) is 17.0 Å². The summed E-state index contributed by atoms with van der Waals surface area (Å²) in [6.45, 7) is 3.21. The number of hydrogen-bond donors (Lipinski definition) is 2. The Morgan fingerprint density at radius 2 is 2.53 bits per heavy atom. The van der Waals surface area contributed by atoms with Crippen LogP contribution < -0.4 is 5.73 Å². The Balaban J connectivity index is 2.10. The van der Waals surface area contributed by atoms with E-state index in [1.165, 1.54) is 6.20 Å². The second kappa shape index (κ2) is 4.80. The van der Waals surface area contributed by atoms with Crippen LogP contribution in [0.4, 0.5) is 0 Å². The van der Waals surface area contributed by atoms with Crippen molar-refractivity contribution in [1.82, 2.24) is 15.1 Å². The second-order valence-corrected chi connectivity index (χ2v) is 4.39. The molecule has 2 heterocycles. The van der Waals surface area contributed by atoms with E-state index in [0.29, 0.717) is 25.3 Å². The van der Waals surface area contributed by atoms with Crippen LogP contribution in [0.25, 0.3) is 0 Å². The quantitative estimate of drug-likeness (QED) is 0.717. The number of rotatable bonds is 2. The molecule has 1 atom stereocenters. The monoisotopic (exact) mass is 254 g/mol. The molecule has 1 saturated heterocycles. The van der Waals surface area contributed by atoms with Crippen molar-refractivity contribution in [2.45, 2.75) is 13.0 Å². The third-order valence-electron chi connectivity index (χ3n) is 2.73. The average Bonchev–Trinajstić information content (AvgIpc) is 2.74. The van der Waals surface area contributed by atoms with E-state index in [1.807, 2.05) is 6.92 Å². The predicted octanol–water partition coefficient (Wildman–Crippen LogP) is -0.155. The summed E-state index contributed by atoms with van der Waals surface area (Å²) in [5, 5.41) is 6.58. The van der Waals surface area contributed by atoms with Gasteiger partial charge in [-0.3, -0.25) is 9.89 Å². The van der Waals surface area contributed by atoms with Crippen LogP contribution in [0.3, 0.4) is 0 Å². The zero-order chi connectivity index (χ0) is 12.4. The molecule has 2 rings (SSSR count). The van der Waals surface area contributed by atoms with Gasteiger partial charge in [0.2, 0.25) is 0 Å². The van der Waals surface area contributed by atoms with Crippen LogP contribution in [0, 0.1) is 6.92 Å². The highest BCUT2D eigenvalue weighted by molar-refractivity contribution is 7.80. The van der Waals surface area contributed by atoms with Crippen LogP contribution in [0.15, 0.2) is 6.20 Å². The number of nitrogens with zero attached hydrogens (tertiary/aromatic N) is 2. The number of hydrogen-bond acceptors (Lipinski definition) is 4. The lowest BCUT2D eigenvalue weighted by molar-refractivity contribution is 0.00875. The minimum Gasteiger partial charge on any atom is -0.391 e. The Morgan fingerprint density at radius 3 is 3.12 bits per heavy atom. The van der Waals surface area contributed by atoms with Crippen molar-refractivity contribution in [2.24, 2.45) is 5.73 Å². The SMILES string of the molecule is Cc1[nH]ncc1C(=O)N1CCOC(C(N)=S)C1. The van der Waals surface area contributed by atoms with Crippen molar-refractivity contribution in [1.29, 1.82) is 0 Å². The number of aryl methyl sites for hydroxylation is 1. The third kappa shape index (κ3) is 2.45. The van der Waals surface area contributed by atoms with Gasteiger partial charge in [-0.15, -0.1) is 0 Å². The topological polar surface area (TPSA) is 84.2 Å². The fourth-order valence-corrected chi connectivity index (χ4v) is 1.89. The lowest BCUT2D eigenvalue weighted by Gasteiger charge is -2.32. The fourth-order valence-electron chi connectivity index (χ4n) is 1.74. The van der Waals surface area contributed by atoms with Crippen molar-refractivity contribution < 1.29 is 9.53 Å². The maximum atomic E-state index is 12.2. The number of aromatic nitrogens is 2. The third-order valence-corrected chi connectivity index (χ3v) is 2.99. The van der Waals surface area contributed by atoms with Gasteiger partial charge in [-0.25, -0.2) is 0 Å². The van der Waals surface area contributed by atoms with E-state index in [4.69, 9.17) is 22.7 Å². The summed E-state index contributed by atoms with van der Waals surface area (Å²) < 4.78 is 5.38. The van der Waals surface area contributed by atoms with Crippen LogP contribution in [0.5, 0.6) is 0 Å². The Bertz CT molecular complexity index is 445. The van der Waals surface area contributed by atoms with Crippen molar-refractivity contribution in [3.8, 4) is 0 Å². The highest BCUT2D eigenvalue weighted by Crippen LogP contribution is 2.12. The van der Waals surface area contributed by atoms with Crippen molar-refractivity contribution in [3.63, 3.8) is 0 Å². The number of thiocarbonyl (C=S) groups is 1. The molecule has 6 nitrogen and oxygen atoms in total. The normalized spacial score (nSPS) is 20.3. The van der Waals surface area contributed by atoms with Crippen LogP contribution >= 0.6 is 12.2 Å². The maximum absolute atomic E-state index is 12.2. The van der Waals surface area contributed by atoms with Gasteiger partial charge in [-0.2, -0.15) is 5.10 Å². The number of aromatic amines is 1. The fraction of sp³-hybridized carbons (Fsp3) is 0.500. The van der Waals surface area contributed by atoms with E-state index in [9.17, 15) is 4.79 Å². The number of amides is 1. The highest BCUT2D eigenvalue weighted by Gasteiger charge is 2.27. The lowest BCUT2D eigenvalue weighted by atomic mass is 10.2. The Hall–Kier alpha value is -1.47.